The molecule has 106 valence electrons. The van der Waals surface area contributed by atoms with E-state index in [1.54, 1.807) is 6.07 Å². The third-order valence-electron chi connectivity index (χ3n) is 3.88. The predicted octanol–water partition coefficient (Wildman–Crippen LogP) is 4.88. The summed E-state index contributed by atoms with van der Waals surface area (Å²) in [6.07, 6.45) is 1.79. The fourth-order valence-electron chi connectivity index (χ4n) is 2.66. The van der Waals surface area contributed by atoms with Crippen molar-refractivity contribution in [3.05, 3.63) is 35.1 Å². The number of benzene rings is 1. The van der Waals surface area contributed by atoms with E-state index in [2.05, 4.69) is 13.8 Å². The molecule has 1 atom stereocenters. The van der Waals surface area contributed by atoms with E-state index in [0.29, 0.717) is 5.56 Å². The highest BCUT2D eigenvalue weighted by molar-refractivity contribution is 5.87. The molecule has 0 N–H and O–H groups in total. The molecular weight excluding hydrogens is 239 g/mol. The lowest BCUT2D eigenvalue weighted by atomic mass is 9.76. The molecule has 1 aromatic carbocycles. The second-order valence-electron chi connectivity index (χ2n) is 5.64. The quantitative estimate of drug-likeness (QED) is 0.715. The molecule has 0 aliphatic heterocycles. The molecule has 0 spiro atoms. The third kappa shape index (κ3) is 3.65. The molecule has 0 bridgehead atoms. The van der Waals surface area contributed by atoms with Gasteiger partial charge in [0.15, 0.2) is 0 Å². The van der Waals surface area contributed by atoms with Crippen LogP contribution in [0.15, 0.2) is 18.2 Å². The van der Waals surface area contributed by atoms with E-state index in [4.69, 9.17) is 0 Å². The summed E-state index contributed by atoms with van der Waals surface area (Å²) in [6, 6.07) is 5.06. The van der Waals surface area contributed by atoms with Crippen molar-refractivity contribution in [2.45, 2.75) is 53.4 Å². The zero-order valence-electron chi connectivity index (χ0n) is 12.7. The van der Waals surface area contributed by atoms with Gasteiger partial charge in [0.2, 0.25) is 0 Å². The van der Waals surface area contributed by atoms with Crippen molar-refractivity contribution in [3.63, 3.8) is 0 Å². The minimum Gasteiger partial charge on any atom is -0.299 e. The van der Waals surface area contributed by atoms with Crippen molar-refractivity contribution in [1.29, 1.82) is 0 Å². The topological polar surface area (TPSA) is 17.1 Å². The van der Waals surface area contributed by atoms with E-state index in [1.165, 1.54) is 6.07 Å². The van der Waals surface area contributed by atoms with Gasteiger partial charge in [-0.1, -0.05) is 58.2 Å². The van der Waals surface area contributed by atoms with Gasteiger partial charge in [-0.05, 0) is 24.5 Å². The maximum Gasteiger partial charge on any atom is 0.143 e. The fraction of sp³-hybridized carbons (Fsp3) is 0.588. The van der Waals surface area contributed by atoms with Crippen LogP contribution in [0.2, 0.25) is 0 Å². The first-order chi connectivity index (χ1) is 8.92. The summed E-state index contributed by atoms with van der Waals surface area (Å²) in [6.45, 7) is 9.87. The van der Waals surface area contributed by atoms with Crippen molar-refractivity contribution in [2.75, 3.05) is 0 Å². The van der Waals surface area contributed by atoms with Gasteiger partial charge in [-0.2, -0.15) is 0 Å². The van der Waals surface area contributed by atoms with Gasteiger partial charge in [-0.15, -0.1) is 0 Å². The minimum absolute atomic E-state index is 0.0643. The maximum absolute atomic E-state index is 14.1. The molecule has 2 heteroatoms. The molecule has 0 amide bonds. The molecule has 0 aliphatic carbocycles. The lowest BCUT2D eigenvalue weighted by Crippen LogP contribution is -2.26. The predicted molar refractivity (Wildman–Crippen MR) is 77.8 cm³/mol. The van der Waals surface area contributed by atoms with E-state index in [9.17, 15) is 9.18 Å². The van der Waals surface area contributed by atoms with Crippen molar-refractivity contribution in [1.82, 2.24) is 0 Å². The van der Waals surface area contributed by atoms with Crippen molar-refractivity contribution in [3.8, 4) is 0 Å². The zero-order chi connectivity index (χ0) is 14.6. The van der Waals surface area contributed by atoms with Crippen LogP contribution in [0.1, 0.15) is 57.6 Å². The van der Waals surface area contributed by atoms with Crippen LogP contribution in [0.3, 0.4) is 0 Å². The van der Waals surface area contributed by atoms with E-state index >= 15 is 0 Å². The molecule has 1 aromatic rings. The van der Waals surface area contributed by atoms with Crippen LogP contribution in [0, 0.1) is 24.6 Å². The van der Waals surface area contributed by atoms with Gasteiger partial charge in [0.25, 0.3) is 0 Å². The Morgan fingerprint density at radius 2 is 1.79 bits per heavy atom. The molecule has 19 heavy (non-hydrogen) atoms. The maximum atomic E-state index is 14.1. The second-order valence-corrected chi connectivity index (χ2v) is 5.64. The normalized spacial score (nSPS) is 13.1. The monoisotopic (exact) mass is 264 g/mol. The van der Waals surface area contributed by atoms with Gasteiger partial charge in [-0.3, -0.25) is 4.79 Å². The van der Waals surface area contributed by atoms with Crippen LogP contribution < -0.4 is 0 Å². The number of halogens is 1. The van der Waals surface area contributed by atoms with Crippen molar-refractivity contribution < 1.29 is 9.18 Å². The molecule has 0 heterocycles. The number of carbonyl (C=O) groups is 1. The van der Waals surface area contributed by atoms with E-state index in [-0.39, 0.29) is 29.4 Å². The summed E-state index contributed by atoms with van der Waals surface area (Å²) >= 11 is 0. The highest BCUT2D eigenvalue weighted by Gasteiger charge is 2.31. The van der Waals surface area contributed by atoms with Gasteiger partial charge in [0, 0.05) is 11.8 Å². The molecule has 0 aromatic heterocycles. The molecule has 1 nitrogen and oxygen atoms in total. The molecule has 1 rings (SSSR count). The first kappa shape index (κ1) is 15.9. The number of rotatable bonds is 6. The van der Waals surface area contributed by atoms with Gasteiger partial charge >= 0.3 is 0 Å². The lowest BCUT2D eigenvalue weighted by Gasteiger charge is -2.26. The van der Waals surface area contributed by atoms with Crippen LogP contribution >= 0.6 is 0 Å². The summed E-state index contributed by atoms with van der Waals surface area (Å²) in [4.78, 5) is 12.5. The highest BCUT2D eigenvalue weighted by Crippen LogP contribution is 2.34. The summed E-state index contributed by atoms with van der Waals surface area (Å²) in [5.74, 6) is -0.263. The summed E-state index contributed by atoms with van der Waals surface area (Å²) in [7, 11) is 0. The molecular formula is C17H25FO. The number of Topliss-reactive ketones (excluding diaryl/α,β-unsaturated/α-hetero) is 1. The molecule has 0 aliphatic rings. The Morgan fingerprint density at radius 1 is 1.21 bits per heavy atom. The number of carbonyl (C=O) groups excluding carboxylic acids is 1. The SMILES string of the molecule is CCC(CC)[C@@H](C(=O)C(C)C)c1cc(C)ccc1F. The fourth-order valence-corrected chi connectivity index (χ4v) is 2.66. The van der Waals surface area contributed by atoms with Crippen LogP contribution in [-0.2, 0) is 4.79 Å². The summed E-state index contributed by atoms with van der Waals surface area (Å²) in [5.41, 5.74) is 1.58. The minimum atomic E-state index is -0.310. The Hall–Kier alpha value is -1.18. The van der Waals surface area contributed by atoms with Gasteiger partial charge < -0.3 is 0 Å². The van der Waals surface area contributed by atoms with Crippen molar-refractivity contribution >= 4 is 5.78 Å². The number of hydrogen-bond donors (Lipinski definition) is 0. The standard InChI is InChI=1S/C17H25FO/c1-6-13(7-2)16(17(19)11(3)4)14-10-12(5)8-9-15(14)18/h8-11,13,16H,6-7H2,1-5H3/t16-/m1/s1. The van der Waals surface area contributed by atoms with Crippen molar-refractivity contribution in [2.24, 2.45) is 11.8 Å². The first-order valence-corrected chi connectivity index (χ1v) is 7.22. The van der Waals surface area contributed by atoms with Crippen LogP contribution in [0.5, 0.6) is 0 Å². The largest absolute Gasteiger partial charge is 0.299 e. The smallest absolute Gasteiger partial charge is 0.143 e. The number of hydrogen-bond acceptors (Lipinski definition) is 1. The lowest BCUT2D eigenvalue weighted by molar-refractivity contribution is -0.124. The van der Waals surface area contributed by atoms with Crippen LogP contribution in [0.25, 0.3) is 0 Å². The Morgan fingerprint density at radius 3 is 2.26 bits per heavy atom. The first-order valence-electron chi connectivity index (χ1n) is 7.22. The molecule has 0 saturated heterocycles. The molecule has 0 radical (unpaired) electrons. The molecule has 0 fully saturated rings. The average molecular weight is 264 g/mol. The van der Waals surface area contributed by atoms with Crippen LogP contribution in [0.4, 0.5) is 4.39 Å². The van der Waals surface area contributed by atoms with E-state index in [0.717, 1.165) is 18.4 Å². The Kier molecular flexibility index (Phi) is 5.71. The number of ketones is 1. The van der Waals surface area contributed by atoms with Gasteiger partial charge in [-0.25, -0.2) is 4.39 Å². The zero-order valence-corrected chi connectivity index (χ0v) is 12.7. The summed E-state index contributed by atoms with van der Waals surface area (Å²) in [5, 5.41) is 0. The molecule has 0 unspecified atom stereocenters. The molecule has 0 saturated carbocycles. The number of aryl methyl sites for hydroxylation is 1. The van der Waals surface area contributed by atoms with Gasteiger partial charge in [0.05, 0.1) is 0 Å². The van der Waals surface area contributed by atoms with E-state index < -0.39 is 0 Å². The van der Waals surface area contributed by atoms with Gasteiger partial charge in [0.1, 0.15) is 11.6 Å². The Bertz CT molecular complexity index is 433. The van der Waals surface area contributed by atoms with E-state index in [1.807, 2.05) is 26.8 Å². The van der Waals surface area contributed by atoms with Crippen LogP contribution in [-0.4, -0.2) is 5.78 Å². The second kappa shape index (κ2) is 6.83. The highest BCUT2D eigenvalue weighted by atomic mass is 19.1. The Balaban J connectivity index is 3.29. The third-order valence-corrected chi connectivity index (χ3v) is 3.88. The average Bonchev–Trinajstić information content (AvgIpc) is 2.38. The Labute approximate surface area is 116 Å². The summed E-state index contributed by atoms with van der Waals surface area (Å²) < 4.78 is 14.1.